The Morgan fingerprint density at radius 3 is 0.857 bits per heavy atom. The molecule has 0 saturated carbocycles. The second-order valence-corrected chi connectivity index (χ2v) is 44.6. The molecule has 0 saturated heterocycles. The molecular weight excluding hydrogens is 1060 g/mol. The van der Waals surface area contributed by atoms with Gasteiger partial charge >= 0.3 is 24.4 Å². The number of carbonyl (C=O) groups is 6. The van der Waals surface area contributed by atoms with E-state index in [4.69, 9.17) is 41.4 Å². The summed E-state index contributed by atoms with van der Waals surface area (Å²) in [6, 6.07) is -1.88. The third-order valence-electron chi connectivity index (χ3n) is 15.0. The van der Waals surface area contributed by atoms with Gasteiger partial charge in [0.05, 0.1) is 39.6 Å². The lowest BCUT2D eigenvalue weighted by atomic mass is 10.1. The largest absolute Gasteiger partial charge is 0.447 e. The molecule has 25 heteroatoms. The Bertz CT molecular complexity index is 1640. The van der Waals surface area contributed by atoms with Crippen LogP contribution < -0.4 is 31.9 Å². The summed E-state index contributed by atoms with van der Waals surface area (Å²) in [4.78, 5) is 77.1. The van der Waals surface area contributed by atoms with E-state index in [2.05, 4.69) is 167 Å². The van der Waals surface area contributed by atoms with E-state index in [1.807, 2.05) is 0 Å². The summed E-state index contributed by atoms with van der Waals surface area (Å²) in [6.07, 6.45) is -0.133. The molecule has 0 aliphatic heterocycles. The van der Waals surface area contributed by atoms with Gasteiger partial charge in [0, 0.05) is 26.2 Å². The summed E-state index contributed by atoms with van der Waals surface area (Å²) < 4.78 is 51.4. The first-order chi connectivity index (χ1) is 35.3. The molecule has 0 fully saturated rings. The highest BCUT2D eigenvalue weighted by Gasteiger charge is 2.40. The summed E-state index contributed by atoms with van der Waals surface area (Å²) in [5.41, 5.74) is 0. The number of carbonyl (C=O) groups excluding carboxylic acids is 6. The third-order valence-corrected chi connectivity index (χ3v) is 33.2. The number of nitrogens with one attached hydrogen (secondary N) is 6. The molecule has 0 heterocycles. The molecule has 0 aliphatic rings. The van der Waals surface area contributed by atoms with E-state index >= 15 is 0 Å². The normalized spacial score (nSPS) is 13.7. The zero-order valence-corrected chi connectivity index (χ0v) is 55.4. The van der Waals surface area contributed by atoms with Crippen molar-refractivity contribution in [3.8, 4) is 0 Å². The summed E-state index contributed by atoms with van der Waals surface area (Å²) in [6.45, 7) is 44.9. The van der Waals surface area contributed by atoms with Crippen LogP contribution >= 0.6 is 0 Å². The van der Waals surface area contributed by atoms with Crippen molar-refractivity contribution in [1.29, 1.82) is 0 Å². The van der Waals surface area contributed by atoms with Gasteiger partial charge in [-0.25, -0.2) is 19.2 Å². The van der Waals surface area contributed by atoms with E-state index in [0.717, 1.165) is 0 Å². The van der Waals surface area contributed by atoms with Crippen LogP contribution in [0.4, 0.5) is 19.2 Å². The first-order valence-corrected chi connectivity index (χ1v) is 39.3. The van der Waals surface area contributed by atoms with Crippen LogP contribution in [-0.4, -0.2) is 174 Å². The highest BCUT2D eigenvalue weighted by Crippen LogP contribution is 2.39. The first-order valence-electron chi connectivity index (χ1n) is 27.6. The molecule has 0 aromatic rings. The lowest BCUT2D eigenvalue weighted by Gasteiger charge is -2.36. The zero-order chi connectivity index (χ0) is 59.4. The monoisotopic (exact) mass is 1170 g/mol. The summed E-state index contributed by atoms with van der Waals surface area (Å²) in [5.74, 6) is -0.895. The SMILES string of the molecule is CC(C)(C)[Si](C)(C)OCCOC(=O)NCCCCC(NC(=O)OCCO[Si](C)(C)C(C)(C)C)C(=O)NCCOCCNC(=O)C(CCCCNC(=O)OCCO[Si](C)(C)C(C)(C)C)NC(=O)OCCO[Si](C)(C)C(C)(C)C. The van der Waals surface area contributed by atoms with Crippen LogP contribution in [0.15, 0.2) is 0 Å². The molecule has 21 nitrogen and oxygen atoms in total. The number of hydrogen-bond acceptors (Lipinski definition) is 15. The minimum atomic E-state index is -2.05. The van der Waals surface area contributed by atoms with E-state index in [0.29, 0.717) is 52.0 Å². The maximum atomic E-state index is 13.4. The van der Waals surface area contributed by atoms with Crippen LogP contribution in [0.25, 0.3) is 0 Å². The summed E-state index contributed by atoms with van der Waals surface area (Å²) >= 11 is 0. The van der Waals surface area contributed by atoms with Crippen molar-refractivity contribution in [3.05, 3.63) is 0 Å². The molecule has 2 unspecified atom stereocenters. The Kier molecular flexibility index (Phi) is 33.3. The average Bonchev–Trinajstić information content (AvgIpc) is 3.29. The molecule has 0 spiro atoms. The fourth-order valence-electron chi connectivity index (χ4n) is 5.77. The molecule has 2 atom stereocenters. The number of ether oxygens (including phenoxy) is 5. The van der Waals surface area contributed by atoms with E-state index in [9.17, 15) is 28.8 Å². The molecule has 0 radical (unpaired) electrons. The second kappa shape index (κ2) is 34.7. The Morgan fingerprint density at radius 2 is 0.597 bits per heavy atom. The van der Waals surface area contributed by atoms with Gasteiger partial charge in [-0.1, -0.05) is 83.1 Å². The van der Waals surface area contributed by atoms with Gasteiger partial charge in [0.1, 0.15) is 38.5 Å². The molecule has 77 heavy (non-hydrogen) atoms. The van der Waals surface area contributed by atoms with Gasteiger partial charge in [-0.2, -0.15) is 0 Å². The van der Waals surface area contributed by atoms with Gasteiger partial charge in [-0.05, 0) is 111 Å². The highest BCUT2D eigenvalue weighted by molar-refractivity contribution is 6.75. The molecule has 6 N–H and O–H groups in total. The van der Waals surface area contributed by atoms with E-state index in [1.165, 1.54) is 0 Å². The van der Waals surface area contributed by atoms with Gasteiger partial charge in [-0.3, -0.25) is 9.59 Å². The number of hydrogen-bond donors (Lipinski definition) is 6. The second-order valence-electron chi connectivity index (χ2n) is 25.4. The van der Waals surface area contributed by atoms with Gasteiger partial charge in [0.15, 0.2) is 33.3 Å². The highest BCUT2D eigenvalue weighted by atomic mass is 28.4. The fraction of sp³-hybridized carbons (Fsp3) is 0.885. The van der Waals surface area contributed by atoms with Crippen molar-refractivity contribution < 1.29 is 70.2 Å². The Balaban J connectivity index is 5.29. The fourth-order valence-corrected chi connectivity index (χ4v) is 9.87. The molecule has 0 aliphatic carbocycles. The number of alkyl carbamates (subject to hydrolysis) is 4. The topological polar surface area (TPSA) is 258 Å². The van der Waals surface area contributed by atoms with Crippen LogP contribution in [0.2, 0.25) is 72.5 Å². The van der Waals surface area contributed by atoms with Crippen LogP contribution in [0.1, 0.15) is 122 Å². The molecule has 0 aromatic heterocycles. The third kappa shape index (κ3) is 31.9. The van der Waals surface area contributed by atoms with Crippen molar-refractivity contribution in [2.24, 2.45) is 0 Å². The van der Waals surface area contributed by atoms with Crippen LogP contribution in [0.3, 0.4) is 0 Å². The Hall–Kier alpha value is -3.31. The van der Waals surface area contributed by atoms with Gasteiger partial charge < -0.3 is 73.3 Å². The summed E-state index contributed by atoms with van der Waals surface area (Å²) in [7, 11) is -8.03. The molecule has 0 rings (SSSR count). The van der Waals surface area contributed by atoms with Gasteiger partial charge in [0.2, 0.25) is 11.8 Å². The maximum absolute atomic E-state index is 13.4. The van der Waals surface area contributed by atoms with E-state index in [-0.39, 0.29) is 98.9 Å². The lowest BCUT2D eigenvalue weighted by molar-refractivity contribution is -0.123. The smallest absolute Gasteiger partial charge is 0.407 e. The number of amides is 6. The van der Waals surface area contributed by atoms with Crippen LogP contribution in [0.5, 0.6) is 0 Å². The molecular formula is C52H108N6O15Si4. The van der Waals surface area contributed by atoms with Crippen molar-refractivity contribution in [2.75, 3.05) is 92.2 Å². The predicted molar refractivity (Wildman–Crippen MR) is 312 cm³/mol. The standard InChI is InChI=1S/C52H108N6O15Si4/c1-49(2,3)74(13,14)70-37-33-66-45(61)55-27-23-21-25-41(57-47(63)68-35-39-72-76(17,18)51(7,8)9)43(59)53-29-31-65-32-30-54-44(60)42(58-48(64)69-36-40-73-77(19,20)52(10,11)12)26-22-24-28-56-46(62)67-34-38-71-75(15,16)50(4,5)6/h41-42H,21-40H2,1-20H3,(H,53,59)(H,54,60)(H,55,61)(H,56,62)(H,57,63)(H,58,64). The van der Waals surface area contributed by atoms with Crippen molar-refractivity contribution in [3.63, 3.8) is 0 Å². The van der Waals surface area contributed by atoms with Gasteiger partial charge in [0.25, 0.3) is 0 Å². The molecule has 0 bridgehead atoms. The first kappa shape index (κ1) is 73.7. The molecule has 0 aromatic carbocycles. The number of rotatable bonds is 36. The van der Waals surface area contributed by atoms with Crippen LogP contribution in [-0.2, 0) is 51.0 Å². The quantitative estimate of drug-likeness (QED) is 0.0194. The lowest BCUT2D eigenvalue weighted by Crippen LogP contribution is -2.48. The number of unbranched alkanes of at least 4 members (excludes halogenated alkanes) is 2. The zero-order valence-electron chi connectivity index (χ0n) is 51.4. The van der Waals surface area contributed by atoms with E-state index < -0.39 is 81.5 Å². The van der Waals surface area contributed by atoms with E-state index in [1.54, 1.807) is 0 Å². The average molecular weight is 1170 g/mol. The maximum Gasteiger partial charge on any atom is 0.407 e. The Morgan fingerprint density at radius 1 is 0.338 bits per heavy atom. The molecule has 452 valence electrons. The minimum Gasteiger partial charge on any atom is -0.447 e. The summed E-state index contributed by atoms with van der Waals surface area (Å²) in [5, 5.41) is 16.4. The minimum absolute atomic E-state index is 0.0122. The van der Waals surface area contributed by atoms with Crippen molar-refractivity contribution >= 4 is 69.5 Å². The van der Waals surface area contributed by atoms with Crippen molar-refractivity contribution in [1.82, 2.24) is 31.9 Å². The molecule has 6 amide bonds. The predicted octanol–water partition coefficient (Wildman–Crippen LogP) is 9.31. The van der Waals surface area contributed by atoms with Crippen LogP contribution in [0, 0.1) is 0 Å². The van der Waals surface area contributed by atoms with Crippen molar-refractivity contribution in [2.45, 2.75) is 206 Å². The van der Waals surface area contributed by atoms with Gasteiger partial charge in [-0.15, -0.1) is 0 Å². The Labute approximate surface area is 468 Å².